The van der Waals surface area contributed by atoms with E-state index in [4.69, 9.17) is 0 Å². The number of fused-ring (bicyclic) bond motifs is 7. The molecule has 0 saturated heterocycles. The Balaban J connectivity index is 1.28. The molecule has 2 nitrogen and oxygen atoms in total. The van der Waals surface area contributed by atoms with Crippen molar-refractivity contribution in [3.05, 3.63) is 152 Å². The second kappa shape index (κ2) is 8.95. The molecule has 1 N–H and O–H groups in total. The largest absolute Gasteiger partial charge is 0.355 e. The molecule has 0 aliphatic heterocycles. The summed E-state index contributed by atoms with van der Waals surface area (Å²) in [6, 6.07) is 55.0. The van der Waals surface area contributed by atoms with Crippen molar-refractivity contribution in [3.8, 4) is 27.9 Å². The van der Waals surface area contributed by atoms with E-state index in [1.807, 2.05) is 0 Å². The number of hydrogen-bond donors (Lipinski definition) is 1. The minimum Gasteiger partial charge on any atom is -0.355 e. The number of rotatable bonds is 3. The Bertz CT molecular complexity index is 2460. The highest BCUT2D eigenvalue weighted by molar-refractivity contribution is 6.13. The Morgan fingerprint density at radius 3 is 1.83 bits per heavy atom. The lowest BCUT2D eigenvalue weighted by molar-refractivity contribution is 1.20. The lowest BCUT2D eigenvalue weighted by atomic mass is 9.97. The Hall–Kier alpha value is -5.60. The minimum absolute atomic E-state index is 1.17. The van der Waals surface area contributed by atoms with Crippen LogP contribution in [0.4, 0.5) is 0 Å². The molecule has 0 aliphatic rings. The van der Waals surface area contributed by atoms with Gasteiger partial charge in [0.15, 0.2) is 0 Å². The summed E-state index contributed by atoms with van der Waals surface area (Å²) >= 11 is 0. The quantitative estimate of drug-likeness (QED) is 0.233. The van der Waals surface area contributed by atoms with E-state index in [1.54, 1.807) is 0 Å². The zero-order valence-electron chi connectivity index (χ0n) is 22.9. The molecule has 0 amide bonds. The van der Waals surface area contributed by atoms with E-state index in [1.165, 1.54) is 82.3 Å². The first-order valence-corrected chi connectivity index (χ1v) is 14.5. The monoisotopic (exact) mass is 534 g/mol. The molecule has 0 bridgehead atoms. The van der Waals surface area contributed by atoms with Crippen molar-refractivity contribution in [2.75, 3.05) is 0 Å². The highest BCUT2D eigenvalue weighted by Gasteiger charge is 2.16. The van der Waals surface area contributed by atoms with E-state index in [9.17, 15) is 0 Å². The lowest BCUT2D eigenvalue weighted by Crippen LogP contribution is -1.96. The molecule has 0 spiro atoms. The van der Waals surface area contributed by atoms with Gasteiger partial charge in [-0.25, -0.2) is 0 Å². The van der Waals surface area contributed by atoms with Crippen molar-refractivity contribution in [1.29, 1.82) is 0 Å². The molecule has 0 aliphatic carbocycles. The van der Waals surface area contributed by atoms with Crippen LogP contribution in [0.3, 0.4) is 0 Å². The summed E-state index contributed by atoms with van der Waals surface area (Å²) in [6.07, 6.45) is 0. The number of benzene rings is 7. The van der Waals surface area contributed by atoms with Gasteiger partial charge in [0.25, 0.3) is 0 Å². The van der Waals surface area contributed by atoms with Gasteiger partial charge in [-0.1, -0.05) is 109 Å². The van der Waals surface area contributed by atoms with Crippen molar-refractivity contribution in [2.45, 2.75) is 0 Å². The Morgan fingerprint density at radius 2 is 0.976 bits per heavy atom. The van der Waals surface area contributed by atoms with E-state index in [0.717, 1.165) is 0 Å². The fourth-order valence-corrected chi connectivity index (χ4v) is 6.79. The van der Waals surface area contributed by atoms with Gasteiger partial charge in [-0.05, 0) is 70.1 Å². The number of nitrogens with one attached hydrogen (secondary N) is 1. The van der Waals surface area contributed by atoms with E-state index >= 15 is 0 Å². The van der Waals surface area contributed by atoms with Crippen molar-refractivity contribution in [2.24, 2.45) is 0 Å². The zero-order chi connectivity index (χ0) is 27.6. The first-order valence-electron chi connectivity index (χ1n) is 14.5. The lowest BCUT2D eigenvalue weighted by Gasteiger charge is -2.15. The van der Waals surface area contributed by atoms with Gasteiger partial charge in [0, 0.05) is 38.0 Å². The summed E-state index contributed by atoms with van der Waals surface area (Å²) < 4.78 is 2.44. The van der Waals surface area contributed by atoms with Crippen molar-refractivity contribution in [1.82, 2.24) is 9.55 Å². The third kappa shape index (κ3) is 3.39. The molecule has 2 heterocycles. The molecule has 42 heavy (non-hydrogen) atoms. The van der Waals surface area contributed by atoms with E-state index in [0.29, 0.717) is 0 Å². The number of nitrogens with zero attached hydrogens (tertiary/aromatic N) is 1. The molecule has 196 valence electrons. The normalized spacial score (nSPS) is 11.8. The van der Waals surface area contributed by atoms with Crippen LogP contribution < -0.4 is 0 Å². The molecule has 2 aromatic heterocycles. The van der Waals surface area contributed by atoms with Gasteiger partial charge in [-0.2, -0.15) is 0 Å². The standard InChI is InChI=1S/C40H26N2/c1-2-10-26(11-3-1)29-20-23-39(32-14-5-4-12-30(29)32)42-38-17-9-7-15-33(38)35-25-28(19-22-40(35)42)27-18-21-37-34(24-27)31-13-6-8-16-36(31)41-37/h1-25,41H. The Morgan fingerprint density at radius 1 is 0.357 bits per heavy atom. The molecule has 0 fully saturated rings. The molecular weight excluding hydrogens is 508 g/mol. The van der Waals surface area contributed by atoms with Gasteiger partial charge in [-0.3, -0.25) is 0 Å². The molecule has 9 rings (SSSR count). The highest BCUT2D eigenvalue weighted by Crippen LogP contribution is 2.39. The number of para-hydroxylation sites is 2. The number of hydrogen-bond acceptors (Lipinski definition) is 0. The number of aromatic amines is 1. The molecule has 0 unspecified atom stereocenters. The maximum atomic E-state index is 3.56. The second-order valence-corrected chi connectivity index (χ2v) is 11.1. The van der Waals surface area contributed by atoms with E-state index in [-0.39, 0.29) is 0 Å². The van der Waals surface area contributed by atoms with Gasteiger partial charge in [-0.15, -0.1) is 0 Å². The molecular formula is C40H26N2. The Labute approximate surface area is 243 Å². The Kier molecular flexibility index (Phi) is 4.93. The fourth-order valence-electron chi connectivity index (χ4n) is 6.79. The van der Waals surface area contributed by atoms with Crippen LogP contribution in [0.25, 0.3) is 82.3 Å². The smallest absolute Gasteiger partial charge is 0.0541 e. The average Bonchev–Trinajstić information content (AvgIpc) is 3.59. The van der Waals surface area contributed by atoms with Crippen LogP contribution >= 0.6 is 0 Å². The molecule has 0 saturated carbocycles. The fraction of sp³-hybridized carbons (Fsp3) is 0. The third-order valence-electron chi connectivity index (χ3n) is 8.74. The van der Waals surface area contributed by atoms with Crippen LogP contribution in [-0.4, -0.2) is 9.55 Å². The van der Waals surface area contributed by atoms with Gasteiger partial charge < -0.3 is 9.55 Å². The molecule has 7 aromatic carbocycles. The van der Waals surface area contributed by atoms with Crippen LogP contribution in [0, 0.1) is 0 Å². The van der Waals surface area contributed by atoms with Crippen LogP contribution in [0.1, 0.15) is 0 Å². The summed E-state index contributed by atoms with van der Waals surface area (Å²) in [7, 11) is 0. The van der Waals surface area contributed by atoms with Crippen LogP contribution in [0.2, 0.25) is 0 Å². The summed E-state index contributed by atoms with van der Waals surface area (Å²) in [6.45, 7) is 0. The van der Waals surface area contributed by atoms with E-state index in [2.05, 4.69) is 161 Å². The van der Waals surface area contributed by atoms with Gasteiger partial charge in [0.05, 0.1) is 16.7 Å². The third-order valence-corrected chi connectivity index (χ3v) is 8.74. The summed E-state index contributed by atoms with van der Waals surface area (Å²) in [5.74, 6) is 0. The second-order valence-electron chi connectivity index (χ2n) is 11.1. The summed E-state index contributed by atoms with van der Waals surface area (Å²) in [5, 5.41) is 7.55. The van der Waals surface area contributed by atoms with Crippen LogP contribution in [-0.2, 0) is 0 Å². The molecule has 0 radical (unpaired) electrons. The summed E-state index contributed by atoms with van der Waals surface area (Å²) in [5.41, 5.74) is 10.9. The molecule has 9 aromatic rings. The van der Waals surface area contributed by atoms with Crippen LogP contribution in [0.5, 0.6) is 0 Å². The first kappa shape index (κ1) is 23.1. The van der Waals surface area contributed by atoms with Crippen molar-refractivity contribution >= 4 is 54.4 Å². The minimum atomic E-state index is 1.17. The number of H-pyrrole nitrogens is 1. The zero-order valence-corrected chi connectivity index (χ0v) is 22.9. The average molecular weight is 535 g/mol. The molecule has 2 heteroatoms. The first-order chi connectivity index (χ1) is 20.8. The number of aromatic nitrogens is 2. The maximum absolute atomic E-state index is 3.56. The maximum Gasteiger partial charge on any atom is 0.0541 e. The molecule has 0 atom stereocenters. The van der Waals surface area contributed by atoms with Crippen molar-refractivity contribution in [3.63, 3.8) is 0 Å². The van der Waals surface area contributed by atoms with Crippen LogP contribution in [0.15, 0.2) is 152 Å². The summed E-state index contributed by atoms with van der Waals surface area (Å²) in [4.78, 5) is 3.56. The SMILES string of the molecule is c1ccc(-c2ccc(-n3c4ccccc4c4cc(-c5ccc6[nH]c7ccccc7c6c5)ccc43)c3ccccc23)cc1. The highest BCUT2D eigenvalue weighted by atomic mass is 15.0. The van der Waals surface area contributed by atoms with Crippen molar-refractivity contribution < 1.29 is 0 Å². The van der Waals surface area contributed by atoms with Gasteiger partial charge in [0.2, 0.25) is 0 Å². The van der Waals surface area contributed by atoms with Gasteiger partial charge >= 0.3 is 0 Å². The van der Waals surface area contributed by atoms with E-state index < -0.39 is 0 Å². The predicted octanol–water partition coefficient (Wildman–Crippen LogP) is 10.9. The van der Waals surface area contributed by atoms with Gasteiger partial charge in [0.1, 0.15) is 0 Å². The topological polar surface area (TPSA) is 20.7 Å². The predicted molar refractivity (Wildman–Crippen MR) is 179 cm³/mol.